The fraction of sp³-hybridized carbons (Fsp3) is 0.636. The average Bonchev–Trinajstić information content (AvgIpc) is 3.07. The van der Waals surface area contributed by atoms with Crippen molar-refractivity contribution >= 4 is 30.1 Å². The molecule has 3 aliphatic rings. The minimum Gasteiger partial charge on any atom is -0.481 e. The summed E-state index contributed by atoms with van der Waals surface area (Å²) in [5, 5.41) is 8.87. The van der Waals surface area contributed by atoms with Crippen molar-refractivity contribution in [1.82, 2.24) is 9.80 Å². The molecule has 4 rings (SSSR count). The molecule has 160 valence electrons. The summed E-state index contributed by atoms with van der Waals surface area (Å²) in [6.07, 6.45) is 6.15. The van der Waals surface area contributed by atoms with Crippen LogP contribution < -0.4 is 4.90 Å². The smallest absolute Gasteiger partial charge is 0.324 e. The molecule has 0 spiro atoms. The molecule has 0 bridgehead atoms. The maximum atomic E-state index is 13.1. The lowest BCUT2D eigenvalue weighted by Gasteiger charge is -2.34. The predicted molar refractivity (Wildman–Crippen MR) is 116 cm³/mol. The average molecular weight is 422 g/mol. The number of urea groups is 1. The molecular formula is C22H32ClN3O3. The molecule has 0 unspecified atom stereocenters. The Hall–Kier alpha value is -1.79. The van der Waals surface area contributed by atoms with Crippen LogP contribution in [0, 0.1) is 5.92 Å². The number of halogens is 1. The van der Waals surface area contributed by atoms with Crippen molar-refractivity contribution in [2.24, 2.45) is 5.92 Å². The number of likely N-dealkylation sites (N-methyl/N-ethyl adjacent to an activating group) is 1. The summed E-state index contributed by atoms with van der Waals surface area (Å²) in [5.41, 5.74) is 3.78. The highest BCUT2D eigenvalue weighted by Gasteiger charge is 2.36. The first-order chi connectivity index (χ1) is 13.5. The molecule has 2 amide bonds. The van der Waals surface area contributed by atoms with Crippen molar-refractivity contribution in [1.29, 1.82) is 0 Å². The highest BCUT2D eigenvalue weighted by Crippen LogP contribution is 2.33. The van der Waals surface area contributed by atoms with Crippen LogP contribution in [0.5, 0.6) is 0 Å². The number of carbonyl (C=O) groups excluding carboxylic acids is 1. The standard InChI is InChI=1S/C22H31N3O3.ClH/c1-23-11-10-17-14-20(8-5-18(17)15-23)25-13-12-24(22(25)28)19-6-2-16(3-7-19)4-9-21(26)27;/h5,8,14,16,19H,2-4,6-7,9-13,15H2,1H3,(H,26,27);1H. The van der Waals surface area contributed by atoms with Gasteiger partial charge in [-0.3, -0.25) is 9.69 Å². The highest BCUT2D eigenvalue weighted by atomic mass is 35.5. The van der Waals surface area contributed by atoms with Crippen LogP contribution in [0.1, 0.15) is 49.7 Å². The summed E-state index contributed by atoms with van der Waals surface area (Å²) < 4.78 is 0. The van der Waals surface area contributed by atoms with E-state index in [4.69, 9.17) is 5.11 Å². The van der Waals surface area contributed by atoms with E-state index in [1.54, 1.807) is 0 Å². The number of fused-ring (bicyclic) bond motifs is 1. The van der Waals surface area contributed by atoms with Gasteiger partial charge in [0.2, 0.25) is 0 Å². The lowest BCUT2D eigenvalue weighted by molar-refractivity contribution is -0.137. The van der Waals surface area contributed by atoms with Gasteiger partial charge in [0.1, 0.15) is 0 Å². The molecule has 29 heavy (non-hydrogen) atoms. The summed E-state index contributed by atoms with van der Waals surface area (Å²) in [7, 11) is 2.15. The van der Waals surface area contributed by atoms with E-state index in [2.05, 4.69) is 35.0 Å². The minimum atomic E-state index is -0.704. The van der Waals surface area contributed by atoms with E-state index in [9.17, 15) is 9.59 Å². The Bertz CT molecular complexity index is 749. The van der Waals surface area contributed by atoms with E-state index < -0.39 is 5.97 Å². The molecule has 2 fully saturated rings. The van der Waals surface area contributed by atoms with Gasteiger partial charge in [0, 0.05) is 44.3 Å². The molecular weight excluding hydrogens is 390 g/mol. The maximum absolute atomic E-state index is 13.1. The lowest BCUT2D eigenvalue weighted by atomic mass is 9.83. The van der Waals surface area contributed by atoms with Crippen LogP contribution in [0.4, 0.5) is 10.5 Å². The zero-order chi connectivity index (χ0) is 19.7. The molecule has 1 saturated heterocycles. The van der Waals surface area contributed by atoms with Gasteiger partial charge in [-0.05, 0) is 74.8 Å². The van der Waals surface area contributed by atoms with E-state index in [1.807, 2.05) is 4.90 Å². The van der Waals surface area contributed by atoms with Gasteiger partial charge in [0.05, 0.1) is 0 Å². The normalized spacial score (nSPS) is 24.9. The van der Waals surface area contributed by atoms with Gasteiger partial charge in [-0.2, -0.15) is 0 Å². The molecule has 2 aliphatic heterocycles. The third-order valence-electron chi connectivity index (χ3n) is 6.77. The maximum Gasteiger partial charge on any atom is 0.324 e. The highest BCUT2D eigenvalue weighted by molar-refractivity contribution is 5.94. The van der Waals surface area contributed by atoms with Crippen molar-refractivity contribution in [3.63, 3.8) is 0 Å². The molecule has 0 aromatic heterocycles. The lowest BCUT2D eigenvalue weighted by Crippen LogP contribution is -2.41. The summed E-state index contributed by atoms with van der Waals surface area (Å²) in [5.74, 6) is -0.205. The molecule has 0 radical (unpaired) electrons. The van der Waals surface area contributed by atoms with Crippen LogP contribution in [0.3, 0.4) is 0 Å². The van der Waals surface area contributed by atoms with Gasteiger partial charge in [-0.25, -0.2) is 4.79 Å². The summed E-state index contributed by atoms with van der Waals surface area (Å²) in [4.78, 5) is 30.2. The molecule has 6 nitrogen and oxygen atoms in total. The number of amides is 2. The topological polar surface area (TPSA) is 64.1 Å². The second-order valence-electron chi connectivity index (χ2n) is 8.68. The Morgan fingerprint density at radius 2 is 1.86 bits per heavy atom. The van der Waals surface area contributed by atoms with E-state index >= 15 is 0 Å². The van der Waals surface area contributed by atoms with Gasteiger partial charge < -0.3 is 14.9 Å². The van der Waals surface area contributed by atoms with Crippen LogP contribution in [0.15, 0.2) is 18.2 Å². The zero-order valence-electron chi connectivity index (χ0n) is 17.2. The SMILES string of the molecule is CN1CCc2cc(N3CCN(C4CCC(CCC(=O)O)CC4)C3=O)ccc2C1.Cl. The summed E-state index contributed by atoms with van der Waals surface area (Å²) in [6, 6.07) is 6.95. The van der Waals surface area contributed by atoms with Crippen LogP contribution in [-0.4, -0.2) is 59.6 Å². The number of aliphatic carboxylic acids is 1. The predicted octanol–water partition coefficient (Wildman–Crippen LogP) is 3.76. The summed E-state index contributed by atoms with van der Waals surface area (Å²) >= 11 is 0. The second-order valence-corrected chi connectivity index (χ2v) is 8.68. The van der Waals surface area contributed by atoms with Gasteiger partial charge in [0.25, 0.3) is 0 Å². The number of carboxylic acid groups (broad SMARTS) is 1. The van der Waals surface area contributed by atoms with Crippen molar-refractivity contribution in [2.45, 2.75) is 57.5 Å². The Balaban J connectivity index is 0.00000240. The number of rotatable bonds is 5. The van der Waals surface area contributed by atoms with Crippen molar-refractivity contribution < 1.29 is 14.7 Å². The molecule has 1 N–H and O–H groups in total. The Morgan fingerprint density at radius 1 is 1.10 bits per heavy atom. The van der Waals surface area contributed by atoms with Gasteiger partial charge in [-0.1, -0.05) is 6.07 Å². The molecule has 1 saturated carbocycles. The van der Waals surface area contributed by atoms with Gasteiger partial charge >= 0.3 is 12.0 Å². The Kier molecular flexibility index (Phi) is 7.06. The van der Waals surface area contributed by atoms with Crippen molar-refractivity contribution in [3.05, 3.63) is 29.3 Å². The van der Waals surface area contributed by atoms with Crippen LogP contribution in [0.25, 0.3) is 0 Å². The first kappa shape index (κ1) is 21.9. The quantitative estimate of drug-likeness (QED) is 0.786. The van der Waals surface area contributed by atoms with Crippen LogP contribution in [-0.2, 0) is 17.8 Å². The van der Waals surface area contributed by atoms with E-state index in [-0.39, 0.29) is 24.9 Å². The first-order valence-electron chi connectivity index (χ1n) is 10.6. The molecule has 2 heterocycles. The molecule has 1 aromatic carbocycles. The fourth-order valence-electron chi connectivity index (χ4n) is 5.05. The zero-order valence-corrected chi connectivity index (χ0v) is 18.0. The van der Waals surface area contributed by atoms with Crippen LogP contribution in [0.2, 0.25) is 0 Å². The number of benzene rings is 1. The Labute approximate surface area is 179 Å². The van der Waals surface area contributed by atoms with Crippen molar-refractivity contribution in [3.8, 4) is 0 Å². The number of carbonyl (C=O) groups is 2. The van der Waals surface area contributed by atoms with Crippen LogP contribution >= 0.6 is 12.4 Å². The van der Waals surface area contributed by atoms with E-state index in [1.165, 1.54) is 11.1 Å². The first-order valence-corrected chi connectivity index (χ1v) is 10.6. The number of hydrogen-bond acceptors (Lipinski definition) is 3. The third kappa shape index (κ3) is 4.86. The Morgan fingerprint density at radius 3 is 2.59 bits per heavy atom. The number of carboxylic acids is 1. The van der Waals surface area contributed by atoms with E-state index in [0.29, 0.717) is 12.0 Å². The van der Waals surface area contributed by atoms with Gasteiger partial charge in [-0.15, -0.1) is 12.4 Å². The molecule has 7 heteroatoms. The number of hydrogen-bond donors (Lipinski definition) is 1. The minimum absolute atomic E-state index is 0. The number of anilines is 1. The van der Waals surface area contributed by atoms with Gasteiger partial charge in [0.15, 0.2) is 0 Å². The van der Waals surface area contributed by atoms with Crippen molar-refractivity contribution in [2.75, 3.05) is 31.6 Å². The largest absolute Gasteiger partial charge is 0.481 e. The number of nitrogens with zero attached hydrogens (tertiary/aromatic N) is 3. The van der Waals surface area contributed by atoms with E-state index in [0.717, 1.165) is 70.4 Å². The molecule has 0 atom stereocenters. The summed E-state index contributed by atoms with van der Waals surface area (Å²) in [6.45, 7) is 3.61. The second kappa shape index (κ2) is 9.35. The molecule has 1 aliphatic carbocycles. The monoisotopic (exact) mass is 421 g/mol. The molecule has 1 aromatic rings. The third-order valence-corrected chi connectivity index (χ3v) is 6.77. The fourth-order valence-corrected chi connectivity index (χ4v) is 5.05.